The first kappa shape index (κ1) is 13.4. The Hall–Kier alpha value is -0.650. The first-order valence-electron chi connectivity index (χ1n) is 6.00. The predicted octanol–water partition coefficient (Wildman–Crippen LogP) is -0.228. The number of rotatable bonds is 6. The van der Waals surface area contributed by atoms with Crippen molar-refractivity contribution in [1.29, 1.82) is 0 Å². The maximum absolute atomic E-state index is 11.2. The summed E-state index contributed by atoms with van der Waals surface area (Å²) in [6, 6.07) is -0.824. The van der Waals surface area contributed by atoms with Crippen LogP contribution in [0.3, 0.4) is 0 Å². The summed E-state index contributed by atoms with van der Waals surface area (Å²) in [7, 11) is 0. The molecule has 1 rings (SSSR count). The van der Waals surface area contributed by atoms with E-state index in [1.165, 1.54) is 19.3 Å². The van der Waals surface area contributed by atoms with Gasteiger partial charge < -0.3 is 20.9 Å². The van der Waals surface area contributed by atoms with Gasteiger partial charge in [0.15, 0.2) is 0 Å². The Balaban J connectivity index is 2.00. The molecule has 0 aromatic rings. The van der Waals surface area contributed by atoms with Crippen molar-refractivity contribution in [3.63, 3.8) is 0 Å². The van der Waals surface area contributed by atoms with Crippen LogP contribution in [0.25, 0.3) is 0 Å². The van der Waals surface area contributed by atoms with Gasteiger partial charge in [0.2, 0.25) is 5.91 Å². The molecule has 4 N–H and O–H groups in total. The molecule has 94 valence electrons. The van der Waals surface area contributed by atoms with Crippen LogP contribution in [-0.4, -0.2) is 42.9 Å². The van der Waals surface area contributed by atoms with Crippen molar-refractivity contribution < 1.29 is 14.6 Å². The molecular formula is C11H22N2O3. The normalized spacial score (nSPS) is 19.4. The van der Waals surface area contributed by atoms with E-state index in [0.29, 0.717) is 19.3 Å². The SMILES string of the molecule is N[C@@H](CO)C(=O)NCCOC1CCCCC1. The molecule has 1 aliphatic rings. The van der Waals surface area contributed by atoms with Crippen molar-refractivity contribution in [3.8, 4) is 0 Å². The van der Waals surface area contributed by atoms with E-state index in [-0.39, 0.29) is 12.5 Å². The second-order valence-electron chi connectivity index (χ2n) is 4.21. The summed E-state index contributed by atoms with van der Waals surface area (Å²) in [5.74, 6) is -0.324. The third kappa shape index (κ3) is 4.92. The van der Waals surface area contributed by atoms with E-state index >= 15 is 0 Å². The Morgan fingerprint density at radius 1 is 1.44 bits per heavy atom. The van der Waals surface area contributed by atoms with Crippen LogP contribution < -0.4 is 11.1 Å². The van der Waals surface area contributed by atoms with E-state index in [1.807, 2.05) is 0 Å². The van der Waals surface area contributed by atoms with Crippen LogP contribution in [0, 0.1) is 0 Å². The topological polar surface area (TPSA) is 84.6 Å². The number of aliphatic hydroxyl groups is 1. The van der Waals surface area contributed by atoms with Crippen molar-refractivity contribution in [1.82, 2.24) is 5.32 Å². The lowest BCUT2D eigenvalue weighted by atomic mass is 9.98. The molecule has 0 aliphatic heterocycles. The smallest absolute Gasteiger partial charge is 0.239 e. The largest absolute Gasteiger partial charge is 0.394 e. The Kier molecular flexibility index (Phi) is 6.37. The van der Waals surface area contributed by atoms with Crippen LogP contribution in [0.5, 0.6) is 0 Å². The standard InChI is InChI=1S/C11H22N2O3/c12-10(8-14)11(15)13-6-7-16-9-4-2-1-3-5-9/h9-10,14H,1-8,12H2,(H,13,15)/t10-/m0/s1. The minimum Gasteiger partial charge on any atom is -0.394 e. The van der Waals surface area contributed by atoms with Gasteiger partial charge in [-0.2, -0.15) is 0 Å². The number of amides is 1. The molecule has 0 spiro atoms. The molecule has 1 aliphatic carbocycles. The number of aliphatic hydroxyl groups excluding tert-OH is 1. The summed E-state index contributed by atoms with van der Waals surface area (Å²) in [5.41, 5.74) is 5.34. The van der Waals surface area contributed by atoms with Gasteiger partial charge in [0.05, 0.1) is 19.3 Å². The van der Waals surface area contributed by atoms with Crippen LogP contribution in [0.15, 0.2) is 0 Å². The van der Waals surface area contributed by atoms with Crippen LogP contribution in [0.4, 0.5) is 0 Å². The molecule has 5 nitrogen and oxygen atoms in total. The van der Waals surface area contributed by atoms with Gasteiger partial charge in [0.1, 0.15) is 6.04 Å². The Morgan fingerprint density at radius 2 is 2.12 bits per heavy atom. The van der Waals surface area contributed by atoms with Crippen molar-refractivity contribution in [2.45, 2.75) is 44.2 Å². The maximum Gasteiger partial charge on any atom is 0.239 e. The Labute approximate surface area is 96.3 Å². The highest BCUT2D eigenvalue weighted by molar-refractivity contribution is 5.81. The molecule has 0 saturated heterocycles. The van der Waals surface area contributed by atoms with Gasteiger partial charge >= 0.3 is 0 Å². The molecule has 0 heterocycles. The molecule has 0 radical (unpaired) electrons. The molecule has 0 bridgehead atoms. The van der Waals surface area contributed by atoms with Crippen molar-refractivity contribution in [2.75, 3.05) is 19.8 Å². The van der Waals surface area contributed by atoms with Gasteiger partial charge in [-0.3, -0.25) is 4.79 Å². The predicted molar refractivity (Wildman–Crippen MR) is 60.9 cm³/mol. The summed E-state index contributed by atoms with van der Waals surface area (Å²) in [6.45, 7) is 0.660. The summed E-state index contributed by atoms with van der Waals surface area (Å²) < 4.78 is 5.63. The molecule has 0 unspecified atom stereocenters. The number of nitrogens with one attached hydrogen (secondary N) is 1. The number of carbonyl (C=O) groups excluding carboxylic acids is 1. The zero-order chi connectivity index (χ0) is 11.8. The number of nitrogens with two attached hydrogens (primary N) is 1. The third-order valence-electron chi connectivity index (χ3n) is 2.84. The molecular weight excluding hydrogens is 208 g/mol. The Bertz CT molecular complexity index is 205. The van der Waals surface area contributed by atoms with Gasteiger partial charge in [0.25, 0.3) is 0 Å². The molecule has 0 aromatic heterocycles. The second kappa shape index (κ2) is 7.60. The lowest BCUT2D eigenvalue weighted by molar-refractivity contribution is -0.123. The first-order valence-corrected chi connectivity index (χ1v) is 6.00. The van der Waals surface area contributed by atoms with Crippen LogP contribution in [0.1, 0.15) is 32.1 Å². The highest BCUT2D eigenvalue weighted by atomic mass is 16.5. The van der Waals surface area contributed by atoms with E-state index < -0.39 is 6.04 Å². The van der Waals surface area contributed by atoms with E-state index in [0.717, 1.165) is 12.8 Å². The lowest BCUT2D eigenvalue weighted by Gasteiger charge is -2.22. The highest BCUT2D eigenvalue weighted by Gasteiger charge is 2.14. The average molecular weight is 230 g/mol. The molecule has 1 saturated carbocycles. The van der Waals surface area contributed by atoms with Crippen molar-refractivity contribution >= 4 is 5.91 Å². The summed E-state index contributed by atoms with van der Waals surface area (Å²) in [6.07, 6.45) is 6.41. The van der Waals surface area contributed by atoms with Crippen LogP contribution in [-0.2, 0) is 9.53 Å². The van der Waals surface area contributed by atoms with E-state index in [2.05, 4.69) is 5.32 Å². The van der Waals surface area contributed by atoms with E-state index in [4.69, 9.17) is 15.6 Å². The van der Waals surface area contributed by atoms with Gasteiger partial charge in [0, 0.05) is 6.54 Å². The molecule has 1 amide bonds. The molecule has 5 heteroatoms. The fourth-order valence-electron chi connectivity index (χ4n) is 1.85. The number of ether oxygens (including phenoxy) is 1. The van der Waals surface area contributed by atoms with Gasteiger partial charge in [-0.1, -0.05) is 19.3 Å². The maximum atomic E-state index is 11.2. The summed E-state index contributed by atoms with van der Waals surface area (Å²) in [5, 5.41) is 11.3. The molecule has 1 fully saturated rings. The first-order chi connectivity index (χ1) is 7.74. The number of hydrogen-bond donors (Lipinski definition) is 3. The van der Waals surface area contributed by atoms with E-state index in [9.17, 15) is 4.79 Å². The highest BCUT2D eigenvalue weighted by Crippen LogP contribution is 2.19. The minimum absolute atomic E-state index is 0.324. The van der Waals surface area contributed by atoms with Crippen LogP contribution >= 0.6 is 0 Å². The van der Waals surface area contributed by atoms with Crippen molar-refractivity contribution in [3.05, 3.63) is 0 Å². The fraction of sp³-hybridized carbons (Fsp3) is 0.909. The van der Waals surface area contributed by atoms with E-state index in [1.54, 1.807) is 0 Å². The molecule has 1 atom stereocenters. The molecule has 16 heavy (non-hydrogen) atoms. The summed E-state index contributed by atoms with van der Waals surface area (Å²) >= 11 is 0. The quantitative estimate of drug-likeness (QED) is 0.550. The average Bonchev–Trinajstić information content (AvgIpc) is 2.34. The second-order valence-corrected chi connectivity index (χ2v) is 4.21. The summed E-state index contributed by atoms with van der Waals surface area (Å²) in [4.78, 5) is 11.2. The number of hydrogen-bond acceptors (Lipinski definition) is 4. The van der Waals surface area contributed by atoms with Crippen LogP contribution in [0.2, 0.25) is 0 Å². The zero-order valence-corrected chi connectivity index (χ0v) is 9.65. The van der Waals surface area contributed by atoms with Crippen molar-refractivity contribution in [2.24, 2.45) is 5.73 Å². The lowest BCUT2D eigenvalue weighted by Crippen LogP contribution is -2.44. The van der Waals surface area contributed by atoms with Gasteiger partial charge in [-0.05, 0) is 12.8 Å². The Morgan fingerprint density at radius 3 is 2.75 bits per heavy atom. The fourth-order valence-corrected chi connectivity index (χ4v) is 1.85. The minimum atomic E-state index is -0.824. The zero-order valence-electron chi connectivity index (χ0n) is 9.65. The van der Waals surface area contributed by atoms with Gasteiger partial charge in [-0.25, -0.2) is 0 Å². The monoisotopic (exact) mass is 230 g/mol. The third-order valence-corrected chi connectivity index (χ3v) is 2.84. The molecule has 0 aromatic carbocycles. The number of carbonyl (C=O) groups is 1. The van der Waals surface area contributed by atoms with Gasteiger partial charge in [-0.15, -0.1) is 0 Å².